The van der Waals surface area contributed by atoms with Crippen LogP contribution >= 0.6 is 11.6 Å². The normalized spacial score (nSPS) is 10.7. The predicted molar refractivity (Wildman–Crippen MR) is 63.2 cm³/mol. The minimum absolute atomic E-state index is 0.191. The quantitative estimate of drug-likeness (QED) is 0.846. The molecule has 0 bridgehead atoms. The number of furan rings is 1. The monoisotopic (exact) mass is 254 g/mol. The van der Waals surface area contributed by atoms with Gasteiger partial charge >= 0.3 is 0 Å². The van der Waals surface area contributed by atoms with Gasteiger partial charge in [0.25, 0.3) is 5.91 Å². The van der Waals surface area contributed by atoms with Gasteiger partial charge in [0.05, 0.1) is 17.0 Å². The number of ether oxygens (including phenoxy) is 1. The Morgan fingerprint density at radius 1 is 1.65 bits per heavy atom. The van der Waals surface area contributed by atoms with Crippen molar-refractivity contribution in [3.8, 4) is 0 Å². The largest absolute Gasteiger partial charge is 0.433 e. The lowest BCUT2D eigenvalue weighted by molar-refractivity contribution is 0.0911. The van der Waals surface area contributed by atoms with Crippen LogP contribution in [0.4, 0.5) is 0 Å². The van der Waals surface area contributed by atoms with Gasteiger partial charge < -0.3 is 14.5 Å². The third-order valence-corrected chi connectivity index (χ3v) is 2.53. The Morgan fingerprint density at radius 3 is 3.18 bits per heavy atom. The SMILES string of the molecule is COCCNC(=O)c1cc2c(Cl)ccnc2o1. The van der Waals surface area contributed by atoms with Gasteiger partial charge in [-0.15, -0.1) is 0 Å². The molecule has 90 valence electrons. The summed E-state index contributed by atoms with van der Waals surface area (Å²) in [7, 11) is 1.57. The second-order valence-corrected chi connectivity index (χ2v) is 3.78. The average molecular weight is 255 g/mol. The molecule has 0 fully saturated rings. The zero-order chi connectivity index (χ0) is 12.3. The second kappa shape index (κ2) is 5.16. The summed E-state index contributed by atoms with van der Waals surface area (Å²) in [6.45, 7) is 0.874. The number of aromatic nitrogens is 1. The fourth-order valence-corrected chi connectivity index (χ4v) is 1.57. The highest BCUT2D eigenvalue weighted by atomic mass is 35.5. The van der Waals surface area contributed by atoms with E-state index in [1.165, 1.54) is 6.20 Å². The highest BCUT2D eigenvalue weighted by Crippen LogP contribution is 2.24. The first-order valence-electron chi connectivity index (χ1n) is 5.03. The van der Waals surface area contributed by atoms with E-state index in [1.54, 1.807) is 19.2 Å². The van der Waals surface area contributed by atoms with Crippen molar-refractivity contribution < 1.29 is 13.9 Å². The zero-order valence-corrected chi connectivity index (χ0v) is 9.95. The number of fused-ring (bicyclic) bond motifs is 1. The minimum Gasteiger partial charge on any atom is -0.433 e. The molecule has 1 N–H and O–H groups in total. The Hall–Kier alpha value is -1.59. The van der Waals surface area contributed by atoms with Gasteiger partial charge in [0, 0.05) is 25.9 Å². The average Bonchev–Trinajstić information content (AvgIpc) is 2.75. The van der Waals surface area contributed by atoms with Crippen LogP contribution < -0.4 is 5.32 Å². The number of nitrogens with one attached hydrogen (secondary N) is 1. The van der Waals surface area contributed by atoms with Gasteiger partial charge in [-0.05, 0) is 6.07 Å². The van der Waals surface area contributed by atoms with Crippen LogP contribution in [0.3, 0.4) is 0 Å². The van der Waals surface area contributed by atoms with Crippen LogP contribution in [0.1, 0.15) is 10.6 Å². The maximum atomic E-state index is 11.7. The molecule has 0 saturated heterocycles. The molecule has 0 unspecified atom stereocenters. The molecule has 0 aliphatic carbocycles. The molecular weight excluding hydrogens is 244 g/mol. The molecule has 2 aromatic heterocycles. The molecule has 5 nitrogen and oxygen atoms in total. The van der Waals surface area contributed by atoms with Crippen LogP contribution in [0.15, 0.2) is 22.7 Å². The van der Waals surface area contributed by atoms with Crippen LogP contribution in [0.25, 0.3) is 11.1 Å². The van der Waals surface area contributed by atoms with Gasteiger partial charge in [-0.25, -0.2) is 4.98 Å². The number of carbonyl (C=O) groups excluding carboxylic acids is 1. The van der Waals surface area contributed by atoms with E-state index in [2.05, 4.69) is 10.3 Å². The number of hydrogen-bond acceptors (Lipinski definition) is 4. The maximum absolute atomic E-state index is 11.7. The van der Waals surface area contributed by atoms with Crippen molar-refractivity contribution in [2.45, 2.75) is 0 Å². The summed E-state index contributed by atoms with van der Waals surface area (Å²) in [5, 5.41) is 3.79. The van der Waals surface area contributed by atoms with Crippen molar-refractivity contribution in [1.82, 2.24) is 10.3 Å². The molecule has 0 aromatic carbocycles. The lowest BCUT2D eigenvalue weighted by Crippen LogP contribution is -2.26. The molecule has 0 atom stereocenters. The van der Waals surface area contributed by atoms with Gasteiger partial charge in [0.1, 0.15) is 0 Å². The summed E-state index contributed by atoms with van der Waals surface area (Å²) in [5.41, 5.74) is 0.356. The van der Waals surface area contributed by atoms with E-state index in [-0.39, 0.29) is 11.7 Å². The highest BCUT2D eigenvalue weighted by molar-refractivity contribution is 6.35. The van der Waals surface area contributed by atoms with Crippen molar-refractivity contribution in [3.05, 3.63) is 29.1 Å². The molecular formula is C11H11ClN2O3. The smallest absolute Gasteiger partial charge is 0.287 e. The number of rotatable bonds is 4. The molecule has 0 saturated carbocycles. The Morgan fingerprint density at radius 2 is 2.47 bits per heavy atom. The number of hydrogen-bond donors (Lipinski definition) is 1. The van der Waals surface area contributed by atoms with E-state index in [4.69, 9.17) is 20.8 Å². The lowest BCUT2D eigenvalue weighted by Gasteiger charge is -2.00. The number of halogens is 1. The van der Waals surface area contributed by atoms with E-state index in [0.717, 1.165) is 0 Å². The van der Waals surface area contributed by atoms with Crippen molar-refractivity contribution in [2.24, 2.45) is 0 Å². The first kappa shape index (κ1) is 11.9. The Bertz CT molecular complexity index is 538. The maximum Gasteiger partial charge on any atom is 0.287 e. The Balaban J connectivity index is 2.19. The fourth-order valence-electron chi connectivity index (χ4n) is 1.37. The molecule has 0 aliphatic rings. The summed E-state index contributed by atoms with van der Waals surface area (Å²) >= 11 is 5.95. The third-order valence-electron chi connectivity index (χ3n) is 2.20. The van der Waals surface area contributed by atoms with E-state index >= 15 is 0 Å². The highest BCUT2D eigenvalue weighted by Gasteiger charge is 2.13. The van der Waals surface area contributed by atoms with Crippen molar-refractivity contribution in [3.63, 3.8) is 0 Å². The molecule has 2 heterocycles. The molecule has 6 heteroatoms. The number of amides is 1. The summed E-state index contributed by atoms with van der Waals surface area (Å²) in [5.74, 6) is -0.118. The Kier molecular flexibility index (Phi) is 3.61. The summed E-state index contributed by atoms with van der Waals surface area (Å²) in [6.07, 6.45) is 1.53. The van der Waals surface area contributed by atoms with E-state index < -0.39 is 0 Å². The molecule has 0 radical (unpaired) electrons. The van der Waals surface area contributed by atoms with Crippen molar-refractivity contribution in [2.75, 3.05) is 20.3 Å². The van der Waals surface area contributed by atoms with E-state index in [9.17, 15) is 4.79 Å². The van der Waals surface area contributed by atoms with Crippen LogP contribution in [0.2, 0.25) is 5.02 Å². The van der Waals surface area contributed by atoms with E-state index in [1.807, 2.05) is 0 Å². The minimum atomic E-state index is -0.309. The summed E-state index contributed by atoms with van der Waals surface area (Å²) in [6, 6.07) is 3.22. The fraction of sp³-hybridized carbons (Fsp3) is 0.273. The number of carbonyl (C=O) groups is 1. The summed E-state index contributed by atoms with van der Waals surface area (Å²) < 4.78 is 10.1. The Labute approximate surface area is 103 Å². The van der Waals surface area contributed by atoms with Crippen LogP contribution in [-0.4, -0.2) is 31.2 Å². The first-order chi connectivity index (χ1) is 8.22. The van der Waals surface area contributed by atoms with Crippen LogP contribution in [-0.2, 0) is 4.74 Å². The zero-order valence-electron chi connectivity index (χ0n) is 9.20. The van der Waals surface area contributed by atoms with Crippen molar-refractivity contribution in [1.29, 1.82) is 0 Å². The van der Waals surface area contributed by atoms with Crippen LogP contribution in [0, 0.1) is 0 Å². The van der Waals surface area contributed by atoms with Gasteiger partial charge in [-0.2, -0.15) is 0 Å². The van der Waals surface area contributed by atoms with Gasteiger partial charge in [-0.1, -0.05) is 11.6 Å². The molecule has 0 aliphatic heterocycles. The number of methoxy groups -OCH3 is 1. The number of nitrogens with zero attached hydrogens (tertiary/aromatic N) is 1. The molecule has 2 rings (SSSR count). The first-order valence-corrected chi connectivity index (χ1v) is 5.41. The predicted octanol–water partition coefficient (Wildman–Crippen LogP) is 1.86. The topological polar surface area (TPSA) is 64.4 Å². The van der Waals surface area contributed by atoms with Gasteiger partial charge in [0.2, 0.25) is 5.71 Å². The standard InChI is InChI=1S/C11H11ClN2O3/c1-16-5-4-13-10(15)9-6-7-8(12)2-3-14-11(7)17-9/h2-3,6H,4-5H2,1H3,(H,13,15). The van der Waals surface area contributed by atoms with E-state index in [0.29, 0.717) is 29.3 Å². The molecule has 0 spiro atoms. The molecule has 1 amide bonds. The summed E-state index contributed by atoms with van der Waals surface area (Å²) in [4.78, 5) is 15.7. The number of pyridine rings is 1. The van der Waals surface area contributed by atoms with Crippen LogP contribution in [0.5, 0.6) is 0 Å². The third kappa shape index (κ3) is 2.57. The molecule has 2 aromatic rings. The molecule has 17 heavy (non-hydrogen) atoms. The second-order valence-electron chi connectivity index (χ2n) is 3.37. The lowest BCUT2D eigenvalue weighted by atomic mass is 10.3. The van der Waals surface area contributed by atoms with Gasteiger partial charge in [-0.3, -0.25) is 4.79 Å². The van der Waals surface area contributed by atoms with Crippen molar-refractivity contribution >= 4 is 28.6 Å². The van der Waals surface area contributed by atoms with Gasteiger partial charge in [0.15, 0.2) is 5.76 Å².